The minimum Gasteiger partial charge on any atom is -0.376 e. The molecule has 0 aromatic carbocycles. The lowest BCUT2D eigenvalue weighted by molar-refractivity contribution is -0.141. The highest BCUT2D eigenvalue weighted by molar-refractivity contribution is 7.80. The number of anilines is 2. The van der Waals surface area contributed by atoms with E-state index < -0.39 is 11.9 Å². The maximum atomic E-state index is 13.4. The lowest BCUT2D eigenvalue weighted by atomic mass is 9.92. The Hall–Kier alpha value is -1.68. The van der Waals surface area contributed by atoms with E-state index in [-0.39, 0.29) is 23.0 Å². The van der Waals surface area contributed by atoms with E-state index in [1.165, 1.54) is 0 Å². The van der Waals surface area contributed by atoms with Crippen molar-refractivity contribution >= 4 is 29.1 Å². The summed E-state index contributed by atoms with van der Waals surface area (Å²) in [7, 11) is 0. The molecule has 3 heterocycles. The Bertz CT molecular complexity index is 686. The van der Waals surface area contributed by atoms with Crippen molar-refractivity contribution in [1.29, 1.82) is 0 Å². The highest BCUT2D eigenvalue weighted by atomic mass is 32.1. The number of hydrogen-bond acceptors (Lipinski definition) is 5. The molecule has 2 fully saturated rings. The van der Waals surface area contributed by atoms with E-state index in [1.54, 1.807) is 0 Å². The third-order valence-corrected chi connectivity index (χ3v) is 5.18. The van der Waals surface area contributed by atoms with E-state index in [1.807, 2.05) is 4.90 Å². The normalized spacial score (nSPS) is 25.6. The van der Waals surface area contributed by atoms with Gasteiger partial charge in [0.1, 0.15) is 5.82 Å². The van der Waals surface area contributed by atoms with Gasteiger partial charge in [-0.3, -0.25) is 0 Å². The Balaban J connectivity index is 1.74. The maximum absolute atomic E-state index is 13.4. The number of nitrogens with zero attached hydrogens (tertiary/aromatic N) is 3. The second-order valence-corrected chi connectivity index (χ2v) is 8.16. The fourth-order valence-corrected chi connectivity index (χ4v) is 3.98. The van der Waals surface area contributed by atoms with Crippen LogP contribution >= 0.6 is 12.2 Å². The van der Waals surface area contributed by atoms with Crippen LogP contribution in [-0.4, -0.2) is 47.4 Å². The van der Waals surface area contributed by atoms with Gasteiger partial charge in [-0.05, 0) is 43.3 Å². The Morgan fingerprint density at radius 3 is 2.61 bits per heavy atom. The minimum atomic E-state index is -4.56. The molecule has 0 amide bonds. The third-order valence-electron chi connectivity index (χ3n) is 4.94. The smallest absolute Gasteiger partial charge is 0.376 e. The SMILES string of the molecule is C[C@@H]1C[C@@H](C)CN(c2cc(C(F)(F)F)nc(NC(=S)NC[C@@H]3CCCO3)n2)C1. The van der Waals surface area contributed by atoms with Crippen LogP contribution in [0.3, 0.4) is 0 Å². The van der Waals surface area contributed by atoms with Crippen LogP contribution in [0, 0.1) is 11.8 Å². The fourth-order valence-electron chi connectivity index (χ4n) is 3.81. The van der Waals surface area contributed by atoms with Crippen LogP contribution in [0.15, 0.2) is 6.07 Å². The summed E-state index contributed by atoms with van der Waals surface area (Å²) in [6, 6.07) is 1.01. The minimum absolute atomic E-state index is 0.0639. The highest BCUT2D eigenvalue weighted by Gasteiger charge is 2.35. The van der Waals surface area contributed by atoms with Crippen LogP contribution in [0.4, 0.5) is 24.9 Å². The molecule has 0 saturated carbocycles. The molecule has 0 unspecified atom stereocenters. The van der Waals surface area contributed by atoms with Crippen LogP contribution in [0.2, 0.25) is 0 Å². The van der Waals surface area contributed by atoms with E-state index in [0.29, 0.717) is 31.5 Å². The number of hydrogen-bond donors (Lipinski definition) is 2. The number of nitrogens with one attached hydrogen (secondary N) is 2. The molecule has 2 saturated heterocycles. The highest BCUT2D eigenvalue weighted by Crippen LogP contribution is 2.32. The number of piperidine rings is 1. The molecule has 3 atom stereocenters. The summed E-state index contributed by atoms with van der Waals surface area (Å²) in [6.45, 7) is 6.74. The molecule has 0 radical (unpaired) electrons. The molecule has 1 aromatic rings. The molecule has 2 aliphatic rings. The molecule has 2 aliphatic heterocycles. The standard InChI is InChI=1S/C18H26F3N5OS/c1-11-6-12(2)10-26(9-11)15-7-14(18(19,20)21)23-16(24-15)25-17(28)22-8-13-4-3-5-27-13/h7,11-13H,3-6,8-10H2,1-2H3,(H2,22,23,24,25,28)/t11-,12-,13+/m1/s1. The summed E-state index contributed by atoms with van der Waals surface area (Å²) in [5, 5.41) is 5.84. The average Bonchev–Trinajstić information content (AvgIpc) is 3.11. The Morgan fingerprint density at radius 1 is 1.29 bits per heavy atom. The van der Waals surface area contributed by atoms with Crippen molar-refractivity contribution in [2.75, 3.05) is 36.5 Å². The van der Waals surface area contributed by atoms with Gasteiger partial charge in [0, 0.05) is 32.3 Å². The lowest BCUT2D eigenvalue weighted by Gasteiger charge is -2.36. The monoisotopic (exact) mass is 417 g/mol. The van der Waals surface area contributed by atoms with Gasteiger partial charge in [0.15, 0.2) is 10.8 Å². The molecule has 1 aromatic heterocycles. The summed E-state index contributed by atoms with van der Waals surface area (Å²) in [4.78, 5) is 9.82. The first-order valence-electron chi connectivity index (χ1n) is 9.58. The largest absolute Gasteiger partial charge is 0.433 e. The summed E-state index contributed by atoms with van der Waals surface area (Å²) in [5.41, 5.74) is -0.979. The van der Waals surface area contributed by atoms with Gasteiger partial charge in [-0.2, -0.15) is 18.2 Å². The van der Waals surface area contributed by atoms with E-state index in [4.69, 9.17) is 17.0 Å². The van der Waals surface area contributed by atoms with Gasteiger partial charge < -0.3 is 20.3 Å². The van der Waals surface area contributed by atoms with Crippen LogP contribution < -0.4 is 15.5 Å². The maximum Gasteiger partial charge on any atom is 0.433 e. The van der Waals surface area contributed by atoms with Crippen molar-refractivity contribution in [3.8, 4) is 0 Å². The van der Waals surface area contributed by atoms with Gasteiger partial charge in [-0.25, -0.2) is 4.98 Å². The summed E-state index contributed by atoms with van der Waals surface area (Å²) in [5.74, 6) is 0.892. The summed E-state index contributed by atoms with van der Waals surface area (Å²) >= 11 is 5.19. The molecule has 0 spiro atoms. The molecule has 0 bridgehead atoms. The molecule has 0 aliphatic carbocycles. The molecular weight excluding hydrogens is 391 g/mol. The molecule has 6 nitrogen and oxygen atoms in total. The van der Waals surface area contributed by atoms with Crippen LogP contribution in [0.5, 0.6) is 0 Å². The van der Waals surface area contributed by atoms with Crippen LogP contribution in [0.25, 0.3) is 0 Å². The summed E-state index contributed by atoms with van der Waals surface area (Å²) < 4.78 is 45.6. The van der Waals surface area contributed by atoms with Gasteiger partial charge in [-0.15, -0.1) is 0 Å². The topological polar surface area (TPSA) is 62.3 Å². The van der Waals surface area contributed by atoms with Crippen LogP contribution in [-0.2, 0) is 10.9 Å². The average molecular weight is 418 g/mol. The van der Waals surface area contributed by atoms with Gasteiger partial charge in [0.2, 0.25) is 5.95 Å². The number of halogens is 3. The zero-order valence-corrected chi connectivity index (χ0v) is 16.9. The van der Waals surface area contributed by atoms with Gasteiger partial charge in [0.25, 0.3) is 0 Å². The van der Waals surface area contributed by atoms with Gasteiger partial charge in [-0.1, -0.05) is 13.8 Å². The zero-order chi connectivity index (χ0) is 20.3. The van der Waals surface area contributed by atoms with Crippen LogP contribution in [0.1, 0.15) is 38.8 Å². The molecule has 156 valence electrons. The third kappa shape index (κ3) is 5.66. The Kier molecular flexibility index (Phi) is 6.59. The predicted molar refractivity (Wildman–Crippen MR) is 105 cm³/mol. The van der Waals surface area contributed by atoms with E-state index >= 15 is 0 Å². The number of aromatic nitrogens is 2. The quantitative estimate of drug-likeness (QED) is 0.728. The van der Waals surface area contributed by atoms with Gasteiger partial charge >= 0.3 is 6.18 Å². The predicted octanol–water partition coefficient (Wildman–Crippen LogP) is 3.44. The van der Waals surface area contributed by atoms with Crippen molar-refractivity contribution in [3.05, 3.63) is 11.8 Å². The first-order chi connectivity index (χ1) is 13.2. The summed E-state index contributed by atoms with van der Waals surface area (Å²) in [6.07, 6.45) is -1.51. The number of rotatable bonds is 4. The van der Waals surface area contributed by atoms with Crippen molar-refractivity contribution in [3.63, 3.8) is 0 Å². The zero-order valence-electron chi connectivity index (χ0n) is 16.1. The van der Waals surface area contributed by atoms with E-state index in [0.717, 1.165) is 31.9 Å². The van der Waals surface area contributed by atoms with Crippen molar-refractivity contribution < 1.29 is 17.9 Å². The van der Waals surface area contributed by atoms with Crippen molar-refractivity contribution in [2.24, 2.45) is 11.8 Å². The molecule has 3 rings (SSSR count). The number of ether oxygens (including phenoxy) is 1. The van der Waals surface area contributed by atoms with Gasteiger partial charge in [0.05, 0.1) is 6.10 Å². The van der Waals surface area contributed by atoms with E-state index in [2.05, 4.69) is 34.4 Å². The molecular formula is C18H26F3N5OS. The molecule has 28 heavy (non-hydrogen) atoms. The molecule has 2 N–H and O–H groups in total. The second kappa shape index (κ2) is 8.77. The van der Waals surface area contributed by atoms with E-state index in [9.17, 15) is 13.2 Å². The number of alkyl halides is 3. The lowest BCUT2D eigenvalue weighted by Crippen LogP contribution is -2.40. The number of thiocarbonyl (C=S) groups is 1. The second-order valence-electron chi connectivity index (χ2n) is 7.75. The van der Waals surface area contributed by atoms with Crippen molar-refractivity contribution in [2.45, 2.75) is 45.4 Å². The molecule has 10 heteroatoms. The Morgan fingerprint density at radius 2 is 2.00 bits per heavy atom. The first kappa shape index (κ1) is 21.0. The van der Waals surface area contributed by atoms with Crippen molar-refractivity contribution in [1.82, 2.24) is 15.3 Å². The fraction of sp³-hybridized carbons (Fsp3) is 0.722. The first-order valence-corrected chi connectivity index (χ1v) is 9.99. The Labute approximate surface area is 168 Å².